The second-order valence-electron chi connectivity index (χ2n) is 6.12. The van der Waals surface area contributed by atoms with Crippen molar-refractivity contribution in [2.24, 2.45) is 0 Å². The van der Waals surface area contributed by atoms with E-state index in [1.54, 1.807) is 4.90 Å². The number of morpholine rings is 1. The van der Waals surface area contributed by atoms with Gasteiger partial charge in [0.2, 0.25) is 5.78 Å². The molecule has 1 saturated heterocycles. The van der Waals surface area contributed by atoms with Crippen LogP contribution >= 0.6 is 0 Å². The number of ketones is 1. The van der Waals surface area contributed by atoms with Gasteiger partial charge in [0.25, 0.3) is 0 Å². The molecule has 1 aromatic carbocycles. The van der Waals surface area contributed by atoms with Crippen molar-refractivity contribution in [1.82, 2.24) is 9.97 Å². The van der Waals surface area contributed by atoms with Crippen molar-refractivity contribution in [3.63, 3.8) is 0 Å². The number of carbonyl (C=O) groups is 1. The molecule has 1 N–H and O–H groups in total. The van der Waals surface area contributed by atoms with Gasteiger partial charge in [-0.25, -0.2) is 13.8 Å². The summed E-state index contributed by atoms with van der Waals surface area (Å²) in [4.78, 5) is 21.5. The molecule has 1 aliphatic heterocycles. The summed E-state index contributed by atoms with van der Waals surface area (Å²) < 4.78 is 34.7. The highest BCUT2D eigenvalue weighted by Crippen LogP contribution is 2.29. The number of fused-ring (bicyclic) bond motifs is 1. The van der Waals surface area contributed by atoms with Crippen molar-refractivity contribution < 1.29 is 18.3 Å². The minimum Gasteiger partial charge on any atom is -0.378 e. The molecule has 27 heavy (non-hydrogen) atoms. The molecule has 0 aliphatic carbocycles. The predicted octanol–water partition coefficient (Wildman–Crippen LogP) is 2.78. The number of ether oxygens (including phenoxy) is 1. The molecular weight excluding hydrogens is 354 g/mol. The van der Waals surface area contributed by atoms with Gasteiger partial charge in [0.05, 0.1) is 30.0 Å². The fraction of sp³-hybridized carbons (Fsp3) is 0.211. The van der Waals surface area contributed by atoms with Gasteiger partial charge < -0.3 is 14.6 Å². The van der Waals surface area contributed by atoms with Gasteiger partial charge in [-0.2, -0.15) is 5.26 Å². The topological polar surface area (TPSA) is 82.0 Å². The molecule has 1 fully saturated rings. The maximum atomic E-state index is 15.1. The Bertz CT molecular complexity index is 1080. The van der Waals surface area contributed by atoms with E-state index >= 15 is 4.39 Å². The summed E-state index contributed by atoms with van der Waals surface area (Å²) in [6.07, 6.45) is 2.70. The number of nitriles is 1. The minimum absolute atomic E-state index is 0.0616. The van der Waals surface area contributed by atoms with E-state index in [1.165, 1.54) is 24.5 Å². The number of aromatic nitrogens is 2. The van der Waals surface area contributed by atoms with Gasteiger partial charge in [-0.05, 0) is 18.2 Å². The van der Waals surface area contributed by atoms with Crippen molar-refractivity contribution in [3.8, 4) is 6.07 Å². The van der Waals surface area contributed by atoms with E-state index in [0.29, 0.717) is 37.3 Å². The molecule has 0 radical (unpaired) electrons. The molecule has 0 bridgehead atoms. The number of aromatic amines is 1. The zero-order valence-corrected chi connectivity index (χ0v) is 14.1. The normalized spacial score (nSPS) is 14.3. The molecule has 2 aromatic heterocycles. The lowest BCUT2D eigenvalue weighted by atomic mass is 10.0. The zero-order chi connectivity index (χ0) is 19.0. The standard InChI is InChI=1S/C19H14F2N4O2/c20-14-1-2-15(25-3-5-27-6-4-25)17(21)16(14)18(26)13-10-24-19-12(13)7-11(8-22)9-23-19/h1-2,7,9-10H,3-6H2,(H,23,24). The Morgan fingerprint density at radius 1 is 1.30 bits per heavy atom. The van der Waals surface area contributed by atoms with Gasteiger partial charge in [-0.3, -0.25) is 4.79 Å². The van der Waals surface area contributed by atoms with Gasteiger partial charge in [0.15, 0.2) is 5.82 Å². The van der Waals surface area contributed by atoms with Crippen molar-refractivity contribution in [3.05, 3.63) is 58.9 Å². The first-order valence-corrected chi connectivity index (χ1v) is 8.32. The Labute approximate surface area is 153 Å². The van der Waals surface area contributed by atoms with E-state index in [2.05, 4.69) is 9.97 Å². The maximum absolute atomic E-state index is 15.1. The predicted molar refractivity (Wildman–Crippen MR) is 93.6 cm³/mol. The van der Waals surface area contributed by atoms with E-state index in [4.69, 9.17) is 10.00 Å². The molecule has 0 atom stereocenters. The molecule has 136 valence electrons. The van der Waals surface area contributed by atoms with Crippen LogP contribution in [0.3, 0.4) is 0 Å². The van der Waals surface area contributed by atoms with E-state index < -0.39 is 23.0 Å². The summed E-state index contributed by atoms with van der Waals surface area (Å²) in [5.41, 5.74) is 0.217. The second-order valence-corrected chi connectivity index (χ2v) is 6.12. The Morgan fingerprint density at radius 3 is 2.81 bits per heavy atom. The van der Waals surface area contributed by atoms with E-state index in [9.17, 15) is 9.18 Å². The Kier molecular flexibility index (Phi) is 4.30. The number of nitrogens with one attached hydrogen (secondary N) is 1. The monoisotopic (exact) mass is 368 g/mol. The van der Waals surface area contributed by atoms with Crippen LogP contribution in [0, 0.1) is 23.0 Å². The highest BCUT2D eigenvalue weighted by Gasteiger charge is 2.26. The van der Waals surface area contributed by atoms with Crippen LogP contribution in [0.1, 0.15) is 21.5 Å². The molecule has 4 rings (SSSR count). The highest BCUT2D eigenvalue weighted by molar-refractivity contribution is 6.16. The molecule has 1 aliphatic rings. The van der Waals surface area contributed by atoms with Crippen LogP contribution in [-0.2, 0) is 4.74 Å². The molecule has 3 heterocycles. The molecule has 0 unspecified atom stereocenters. The van der Waals surface area contributed by atoms with E-state index in [0.717, 1.165) is 6.07 Å². The van der Waals surface area contributed by atoms with Crippen LogP contribution in [0.15, 0.2) is 30.6 Å². The van der Waals surface area contributed by atoms with Crippen LogP contribution in [0.2, 0.25) is 0 Å². The van der Waals surface area contributed by atoms with E-state index in [1.807, 2.05) is 6.07 Å². The lowest BCUT2D eigenvalue weighted by molar-refractivity contribution is 0.103. The first-order chi connectivity index (χ1) is 13.1. The Hall–Kier alpha value is -3.31. The average Bonchev–Trinajstić information content (AvgIpc) is 3.11. The summed E-state index contributed by atoms with van der Waals surface area (Å²) in [6.45, 7) is 1.79. The summed E-state index contributed by atoms with van der Waals surface area (Å²) in [7, 11) is 0. The maximum Gasteiger partial charge on any atom is 0.201 e. The number of anilines is 1. The number of rotatable bonds is 3. The lowest BCUT2D eigenvalue weighted by Crippen LogP contribution is -2.37. The molecule has 8 heteroatoms. The van der Waals surface area contributed by atoms with Crippen LogP contribution in [0.25, 0.3) is 11.0 Å². The summed E-state index contributed by atoms with van der Waals surface area (Å²) in [6, 6.07) is 5.82. The van der Waals surface area contributed by atoms with E-state index in [-0.39, 0.29) is 16.8 Å². The third kappa shape index (κ3) is 2.92. The number of pyridine rings is 1. The number of carbonyl (C=O) groups excluding carboxylic acids is 1. The number of halogens is 2. The van der Waals surface area contributed by atoms with Crippen molar-refractivity contribution in [2.45, 2.75) is 0 Å². The minimum atomic E-state index is -0.937. The number of hydrogen-bond acceptors (Lipinski definition) is 5. The number of benzene rings is 1. The van der Waals surface area contributed by atoms with Gasteiger partial charge >= 0.3 is 0 Å². The number of nitrogens with zero attached hydrogens (tertiary/aromatic N) is 3. The molecular formula is C19H14F2N4O2. The fourth-order valence-corrected chi connectivity index (χ4v) is 3.19. The largest absolute Gasteiger partial charge is 0.378 e. The Balaban J connectivity index is 1.81. The first-order valence-electron chi connectivity index (χ1n) is 8.32. The third-order valence-corrected chi connectivity index (χ3v) is 4.55. The second kappa shape index (κ2) is 6.78. The third-order valence-electron chi connectivity index (χ3n) is 4.55. The van der Waals surface area contributed by atoms with Crippen molar-refractivity contribution in [2.75, 3.05) is 31.2 Å². The number of hydrogen-bond donors (Lipinski definition) is 1. The van der Waals surface area contributed by atoms with Crippen molar-refractivity contribution >= 4 is 22.5 Å². The first kappa shape index (κ1) is 17.1. The molecule has 6 nitrogen and oxygen atoms in total. The SMILES string of the molecule is N#Cc1cnc2[nH]cc(C(=O)c3c(F)ccc(N4CCOCC4)c3F)c2c1. The molecule has 0 spiro atoms. The molecule has 0 amide bonds. The van der Waals surface area contributed by atoms with Crippen LogP contribution in [0.5, 0.6) is 0 Å². The van der Waals surface area contributed by atoms with Crippen LogP contribution in [0.4, 0.5) is 14.5 Å². The van der Waals surface area contributed by atoms with Crippen LogP contribution in [-0.4, -0.2) is 42.1 Å². The van der Waals surface area contributed by atoms with Crippen LogP contribution < -0.4 is 4.90 Å². The lowest BCUT2D eigenvalue weighted by Gasteiger charge is -2.29. The smallest absolute Gasteiger partial charge is 0.201 e. The van der Waals surface area contributed by atoms with Gasteiger partial charge in [0.1, 0.15) is 17.5 Å². The highest BCUT2D eigenvalue weighted by atomic mass is 19.1. The summed E-state index contributed by atoms with van der Waals surface area (Å²) in [5.74, 6) is -2.64. The molecule has 3 aromatic rings. The number of H-pyrrole nitrogens is 1. The summed E-state index contributed by atoms with van der Waals surface area (Å²) >= 11 is 0. The fourth-order valence-electron chi connectivity index (χ4n) is 3.19. The Morgan fingerprint density at radius 2 is 2.07 bits per heavy atom. The summed E-state index contributed by atoms with van der Waals surface area (Å²) in [5, 5.41) is 9.37. The van der Waals surface area contributed by atoms with Crippen molar-refractivity contribution in [1.29, 1.82) is 5.26 Å². The zero-order valence-electron chi connectivity index (χ0n) is 14.1. The molecule has 0 saturated carbocycles. The average molecular weight is 368 g/mol. The quantitative estimate of drug-likeness (QED) is 0.719. The van der Waals surface area contributed by atoms with Gasteiger partial charge in [0, 0.05) is 36.4 Å². The van der Waals surface area contributed by atoms with Gasteiger partial charge in [-0.15, -0.1) is 0 Å². The van der Waals surface area contributed by atoms with Gasteiger partial charge in [-0.1, -0.05) is 0 Å².